The van der Waals surface area contributed by atoms with Gasteiger partial charge in [-0.3, -0.25) is 0 Å². The van der Waals surface area contributed by atoms with Gasteiger partial charge < -0.3 is 9.90 Å². The monoisotopic (exact) mass is 130 g/mol. The van der Waals surface area contributed by atoms with Crippen LogP contribution < -0.4 is 0 Å². The summed E-state index contributed by atoms with van der Waals surface area (Å²) in [6.07, 6.45) is 0.481. The van der Waals surface area contributed by atoms with Crippen molar-refractivity contribution < 1.29 is 9.90 Å². The highest BCUT2D eigenvalue weighted by Crippen LogP contribution is 2.20. The van der Waals surface area contributed by atoms with Gasteiger partial charge in [0.05, 0.1) is 6.10 Å². The summed E-state index contributed by atoms with van der Waals surface area (Å²) in [6.45, 7) is 5.71. The normalized spacial score (nSPS) is 15.1. The molecule has 0 aliphatic heterocycles. The number of carbonyl (C=O) groups is 1. The molecule has 0 aromatic heterocycles. The average molecular weight is 130 g/mol. The molecule has 2 nitrogen and oxygen atoms in total. The van der Waals surface area contributed by atoms with Gasteiger partial charge in [-0.25, -0.2) is 0 Å². The van der Waals surface area contributed by atoms with Crippen LogP contribution in [0.15, 0.2) is 0 Å². The number of rotatable bonds is 2. The van der Waals surface area contributed by atoms with E-state index in [0.29, 0.717) is 0 Å². The van der Waals surface area contributed by atoms with E-state index in [1.807, 2.05) is 20.8 Å². The maximum atomic E-state index is 9.90. The van der Waals surface area contributed by atoms with Gasteiger partial charge in [0.1, 0.15) is 6.29 Å². The summed E-state index contributed by atoms with van der Waals surface area (Å²) in [5.41, 5.74) is -0.166. The third-order valence-corrected chi connectivity index (χ3v) is 1.32. The summed E-state index contributed by atoms with van der Waals surface area (Å²) in [6, 6.07) is 0. The first-order chi connectivity index (χ1) is 3.98. The summed E-state index contributed by atoms with van der Waals surface area (Å²) < 4.78 is 0. The van der Waals surface area contributed by atoms with E-state index in [4.69, 9.17) is 5.11 Å². The van der Waals surface area contributed by atoms with E-state index in [2.05, 4.69) is 0 Å². The van der Waals surface area contributed by atoms with Crippen molar-refractivity contribution in [1.29, 1.82) is 0 Å². The number of hydrogen-bond acceptors (Lipinski definition) is 2. The summed E-state index contributed by atoms with van der Waals surface area (Å²) in [7, 11) is 0. The maximum Gasteiger partial charge on any atom is 0.122 e. The summed E-state index contributed by atoms with van der Waals surface area (Å²) >= 11 is 0. The molecule has 0 saturated heterocycles. The van der Waals surface area contributed by atoms with Gasteiger partial charge >= 0.3 is 0 Å². The van der Waals surface area contributed by atoms with Gasteiger partial charge in [0.2, 0.25) is 0 Å². The van der Waals surface area contributed by atoms with Crippen LogP contribution in [0.4, 0.5) is 0 Å². The minimum absolute atomic E-state index is 0.166. The van der Waals surface area contributed by atoms with E-state index < -0.39 is 6.10 Å². The van der Waals surface area contributed by atoms with Crippen LogP contribution >= 0.6 is 0 Å². The Balaban J connectivity index is 3.72. The van der Waals surface area contributed by atoms with Gasteiger partial charge in [-0.15, -0.1) is 0 Å². The zero-order chi connectivity index (χ0) is 7.49. The number of carbonyl (C=O) groups excluding carboxylic acids is 1. The van der Waals surface area contributed by atoms with Crippen molar-refractivity contribution in [3.8, 4) is 0 Å². The van der Waals surface area contributed by atoms with Gasteiger partial charge in [-0.1, -0.05) is 20.8 Å². The Morgan fingerprint density at radius 3 is 2.11 bits per heavy atom. The molecule has 9 heavy (non-hydrogen) atoms. The molecule has 0 aromatic carbocycles. The largest absolute Gasteiger partial charge is 0.392 e. The van der Waals surface area contributed by atoms with Crippen LogP contribution in [0.2, 0.25) is 0 Å². The Hall–Kier alpha value is -0.370. The lowest BCUT2D eigenvalue weighted by atomic mass is 9.88. The molecule has 0 amide bonds. The minimum atomic E-state index is -0.505. The number of aliphatic hydroxyl groups excluding tert-OH is 1. The highest BCUT2D eigenvalue weighted by Gasteiger charge is 2.20. The van der Waals surface area contributed by atoms with E-state index in [1.54, 1.807) is 0 Å². The van der Waals surface area contributed by atoms with Gasteiger partial charge in [-0.2, -0.15) is 0 Å². The molecule has 0 bridgehead atoms. The molecule has 0 fully saturated rings. The van der Waals surface area contributed by atoms with Gasteiger partial charge in [0.25, 0.3) is 0 Å². The highest BCUT2D eigenvalue weighted by molar-refractivity contribution is 5.50. The first kappa shape index (κ1) is 8.63. The molecule has 1 atom stereocenters. The first-order valence-electron chi connectivity index (χ1n) is 3.10. The fourth-order valence-electron chi connectivity index (χ4n) is 0.445. The molecule has 0 aliphatic rings. The Labute approximate surface area is 55.9 Å². The van der Waals surface area contributed by atoms with Crippen molar-refractivity contribution in [2.75, 3.05) is 0 Å². The molecule has 0 heterocycles. The molecule has 0 radical (unpaired) electrons. The van der Waals surface area contributed by atoms with Crippen LogP contribution in [0.1, 0.15) is 27.2 Å². The molecule has 0 aromatic rings. The second kappa shape index (κ2) is 2.97. The lowest BCUT2D eigenvalue weighted by molar-refractivity contribution is -0.110. The minimum Gasteiger partial charge on any atom is -0.392 e. The third-order valence-electron chi connectivity index (χ3n) is 1.32. The lowest BCUT2D eigenvalue weighted by Gasteiger charge is -2.23. The zero-order valence-electron chi connectivity index (χ0n) is 6.22. The molecule has 0 aliphatic carbocycles. The molecular weight excluding hydrogens is 116 g/mol. The molecule has 0 unspecified atom stereocenters. The molecule has 0 spiro atoms. The van der Waals surface area contributed by atoms with Crippen molar-refractivity contribution in [2.24, 2.45) is 5.41 Å². The summed E-state index contributed by atoms with van der Waals surface area (Å²) in [4.78, 5) is 9.90. The van der Waals surface area contributed by atoms with Crippen LogP contribution in [0.5, 0.6) is 0 Å². The Bertz CT molecular complexity index is 91.6. The number of aldehydes is 1. The lowest BCUT2D eigenvalue weighted by Crippen LogP contribution is -2.25. The smallest absolute Gasteiger partial charge is 0.122 e. The topological polar surface area (TPSA) is 37.3 Å². The fraction of sp³-hybridized carbons (Fsp3) is 0.857. The highest BCUT2D eigenvalue weighted by atomic mass is 16.3. The molecule has 54 valence electrons. The quantitative estimate of drug-likeness (QED) is 0.566. The van der Waals surface area contributed by atoms with Crippen LogP contribution in [0.25, 0.3) is 0 Å². The van der Waals surface area contributed by atoms with Crippen LogP contribution in [-0.4, -0.2) is 17.5 Å². The van der Waals surface area contributed by atoms with Crippen LogP contribution in [-0.2, 0) is 4.79 Å². The Kier molecular flexibility index (Phi) is 2.85. The van der Waals surface area contributed by atoms with Crippen LogP contribution in [0.3, 0.4) is 0 Å². The molecule has 2 heteroatoms. The molecule has 0 saturated carbocycles. The molecule has 1 N–H and O–H groups in total. The Morgan fingerprint density at radius 2 is 2.00 bits per heavy atom. The summed E-state index contributed by atoms with van der Waals surface area (Å²) in [5, 5.41) is 9.15. The fourth-order valence-corrected chi connectivity index (χ4v) is 0.445. The van der Waals surface area contributed by atoms with E-state index in [-0.39, 0.29) is 11.8 Å². The van der Waals surface area contributed by atoms with E-state index in [9.17, 15) is 4.79 Å². The van der Waals surface area contributed by atoms with Crippen molar-refractivity contribution in [3.05, 3.63) is 0 Å². The average Bonchev–Trinajstić information content (AvgIpc) is 1.64. The Morgan fingerprint density at radius 1 is 1.56 bits per heavy atom. The van der Waals surface area contributed by atoms with Gasteiger partial charge in [0, 0.05) is 6.42 Å². The standard InChI is InChI=1S/C7H14O2/c1-7(2,3)6(9)4-5-8/h5-6,9H,4H2,1-3H3/t6-/m1/s1. The van der Waals surface area contributed by atoms with Gasteiger partial charge in [0.15, 0.2) is 0 Å². The SMILES string of the molecule is CC(C)(C)[C@H](O)CC=O. The van der Waals surface area contributed by atoms with Crippen molar-refractivity contribution in [3.63, 3.8) is 0 Å². The second-order valence-electron chi connectivity index (χ2n) is 3.28. The zero-order valence-corrected chi connectivity index (χ0v) is 6.22. The number of hydrogen-bond donors (Lipinski definition) is 1. The number of aliphatic hydroxyl groups is 1. The van der Waals surface area contributed by atoms with E-state index in [1.165, 1.54) is 0 Å². The van der Waals surface area contributed by atoms with Crippen molar-refractivity contribution in [1.82, 2.24) is 0 Å². The molecule has 0 rings (SSSR count). The third kappa shape index (κ3) is 3.25. The van der Waals surface area contributed by atoms with Crippen molar-refractivity contribution in [2.45, 2.75) is 33.3 Å². The summed E-state index contributed by atoms with van der Waals surface area (Å²) in [5.74, 6) is 0. The predicted octanol–water partition coefficient (Wildman–Crippen LogP) is 0.982. The van der Waals surface area contributed by atoms with Gasteiger partial charge in [-0.05, 0) is 5.41 Å². The second-order valence-corrected chi connectivity index (χ2v) is 3.28. The van der Waals surface area contributed by atoms with E-state index in [0.717, 1.165) is 6.29 Å². The first-order valence-corrected chi connectivity index (χ1v) is 3.10. The van der Waals surface area contributed by atoms with Crippen LogP contribution in [0, 0.1) is 5.41 Å². The van der Waals surface area contributed by atoms with Crippen molar-refractivity contribution >= 4 is 6.29 Å². The molecular formula is C7H14O2. The maximum absolute atomic E-state index is 9.90. The predicted molar refractivity (Wildman–Crippen MR) is 36.1 cm³/mol. The van der Waals surface area contributed by atoms with E-state index >= 15 is 0 Å².